The first kappa shape index (κ1) is 19.0. The quantitative estimate of drug-likeness (QED) is 0.656. The van der Waals surface area contributed by atoms with Crippen LogP contribution in [0.1, 0.15) is 17.2 Å². The summed E-state index contributed by atoms with van der Waals surface area (Å²) in [6, 6.07) is 15.1. The van der Waals surface area contributed by atoms with Gasteiger partial charge in [-0.1, -0.05) is 41.9 Å². The molecular formula is C21H20ClN3O2S. The zero-order chi connectivity index (χ0) is 19.5. The van der Waals surface area contributed by atoms with E-state index in [1.165, 1.54) is 10.9 Å². The maximum atomic E-state index is 12.8. The lowest BCUT2D eigenvalue weighted by Gasteiger charge is -2.21. The fraction of sp³-hybridized carbons (Fsp3) is 0.286. The molecule has 1 aliphatic heterocycles. The van der Waals surface area contributed by atoms with Crippen molar-refractivity contribution < 1.29 is 4.79 Å². The van der Waals surface area contributed by atoms with E-state index >= 15 is 0 Å². The number of nitrogens with zero attached hydrogens (tertiary/aromatic N) is 3. The van der Waals surface area contributed by atoms with Crippen LogP contribution in [0.25, 0.3) is 10.9 Å². The van der Waals surface area contributed by atoms with Crippen LogP contribution in [0.4, 0.5) is 0 Å². The third kappa shape index (κ3) is 3.93. The van der Waals surface area contributed by atoms with E-state index in [-0.39, 0.29) is 23.3 Å². The number of aromatic nitrogens is 2. The van der Waals surface area contributed by atoms with E-state index in [1.54, 1.807) is 18.2 Å². The molecule has 1 aromatic heterocycles. The number of carbonyl (C=O) groups excluding carboxylic acids is 1. The van der Waals surface area contributed by atoms with E-state index in [1.807, 2.05) is 40.9 Å². The fourth-order valence-corrected chi connectivity index (χ4v) is 5.07. The van der Waals surface area contributed by atoms with Gasteiger partial charge in [-0.25, -0.2) is 4.98 Å². The van der Waals surface area contributed by atoms with Crippen LogP contribution < -0.4 is 5.56 Å². The Morgan fingerprint density at radius 1 is 1.14 bits per heavy atom. The molecule has 1 amide bonds. The summed E-state index contributed by atoms with van der Waals surface area (Å²) in [5.41, 5.74) is 1.58. The molecule has 0 N–H and O–H groups in total. The molecule has 0 bridgehead atoms. The predicted molar refractivity (Wildman–Crippen MR) is 114 cm³/mol. The van der Waals surface area contributed by atoms with Gasteiger partial charge in [0.25, 0.3) is 5.56 Å². The van der Waals surface area contributed by atoms with Crippen LogP contribution in [-0.4, -0.2) is 39.2 Å². The normalized spacial score (nSPS) is 17.5. The SMILES string of the molecule is O=C(Cn1cnc2ccccc2c1=O)N1CCS[C@@H](c2ccccc2Cl)CC1. The van der Waals surface area contributed by atoms with Gasteiger partial charge >= 0.3 is 0 Å². The van der Waals surface area contributed by atoms with Crippen molar-refractivity contribution in [2.45, 2.75) is 18.2 Å². The molecule has 1 atom stereocenters. The molecule has 0 radical (unpaired) electrons. The molecule has 1 aliphatic rings. The third-order valence-electron chi connectivity index (χ3n) is 4.98. The smallest absolute Gasteiger partial charge is 0.261 e. The minimum absolute atomic E-state index is 0.0120. The number of thioether (sulfide) groups is 1. The lowest BCUT2D eigenvalue weighted by molar-refractivity contribution is -0.131. The zero-order valence-corrected chi connectivity index (χ0v) is 16.8. The molecule has 7 heteroatoms. The van der Waals surface area contributed by atoms with Gasteiger partial charge in [-0.15, -0.1) is 0 Å². The summed E-state index contributed by atoms with van der Waals surface area (Å²) in [5, 5.41) is 1.58. The topological polar surface area (TPSA) is 55.2 Å². The highest BCUT2D eigenvalue weighted by atomic mass is 35.5. The molecule has 2 heterocycles. The average Bonchev–Trinajstić information content (AvgIpc) is 2.97. The highest BCUT2D eigenvalue weighted by molar-refractivity contribution is 7.99. The zero-order valence-electron chi connectivity index (χ0n) is 15.3. The number of carbonyl (C=O) groups is 1. The summed E-state index contributed by atoms with van der Waals surface area (Å²) in [7, 11) is 0. The monoisotopic (exact) mass is 413 g/mol. The Hall–Kier alpha value is -2.31. The van der Waals surface area contributed by atoms with Crippen molar-refractivity contribution >= 4 is 40.2 Å². The highest BCUT2D eigenvalue weighted by Gasteiger charge is 2.23. The fourth-order valence-electron chi connectivity index (χ4n) is 3.47. The van der Waals surface area contributed by atoms with E-state index in [4.69, 9.17) is 11.6 Å². The molecule has 28 heavy (non-hydrogen) atoms. The lowest BCUT2D eigenvalue weighted by Crippen LogP contribution is -2.37. The molecule has 1 fully saturated rings. The van der Waals surface area contributed by atoms with Crippen LogP contribution in [0.2, 0.25) is 5.02 Å². The largest absolute Gasteiger partial charge is 0.340 e. The Morgan fingerprint density at radius 2 is 1.93 bits per heavy atom. The number of para-hydroxylation sites is 1. The predicted octanol–water partition coefficient (Wildman–Crippen LogP) is 3.76. The van der Waals surface area contributed by atoms with Gasteiger partial charge in [0.05, 0.1) is 17.2 Å². The molecule has 3 aromatic rings. The van der Waals surface area contributed by atoms with Crippen molar-refractivity contribution in [1.82, 2.24) is 14.5 Å². The van der Waals surface area contributed by atoms with Gasteiger partial charge in [0, 0.05) is 29.1 Å². The Morgan fingerprint density at radius 3 is 2.79 bits per heavy atom. The summed E-state index contributed by atoms with van der Waals surface area (Å²) >= 11 is 8.17. The van der Waals surface area contributed by atoms with E-state index in [0.717, 1.165) is 22.8 Å². The molecule has 1 saturated heterocycles. The molecule has 0 saturated carbocycles. The van der Waals surface area contributed by atoms with Gasteiger partial charge < -0.3 is 4.90 Å². The second kappa shape index (κ2) is 8.37. The van der Waals surface area contributed by atoms with Gasteiger partial charge in [-0.2, -0.15) is 11.8 Å². The van der Waals surface area contributed by atoms with Crippen molar-refractivity contribution in [2.24, 2.45) is 0 Å². The molecular weight excluding hydrogens is 394 g/mol. The van der Waals surface area contributed by atoms with Crippen LogP contribution >= 0.6 is 23.4 Å². The minimum atomic E-state index is -0.183. The summed E-state index contributed by atoms with van der Waals surface area (Å²) < 4.78 is 1.40. The van der Waals surface area contributed by atoms with Crippen LogP contribution in [0, 0.1) is 0 Å². The van der Waals surface area contributed by atoms with Gasteiger partial charge in [0.2, 0.25) is 5.91 Å². The summed E-state index contributed by atoms with van der Waals surface area (Å²) in [4.78, 5) is 31.6. The molecule has 5 nitrogen and oxygen atoms in total. The van der Waals surface area contributed by atoms with Gasteiger partial charge in [0.15, 0.2) is 0 Å². The van der Waals surface area contributed by atoms with Crippen LogP contribution in [0.15, 0.2) is 59.7 Å². The number of hydrogen-bond donors (Lipinski definition) is 0. The maximum absolute atomic E-state index is 12.8. The third-order valence-corrected chi connectivity index (χ3v) is 6.64. The number of rotatable bonds is 3. The first-order chi connectivity index (χ1) is 13.6. The number of fused-ring (bicyclic) bond motifs is 1. The Kier molecular flexibility index (Phi) is 5.69. The van der Waals surface area contributed by atoms with Crippen molar-refractivity contribution in [3.05, 3.63) is 75.8 Å². The van der Waals surface area contributed by atoms with Crippen LogP contribution in [0.3, 0.4) is 0 Å². The second-order valence-electron chi connectivity index (χ2n) is 6.75. The van der Waals surface area contributed by atoms with E-state index in [2.05, 4.69) is 11.1 Å². The van der Waals surface area contributed by atoms with E-state index in [9.17, 15) is 9.59 Å². The van der Waals surface area contributed by atoms with Crippen LogP contribution in [0.5, 0.6) is 0 Å². The van der Waals surface area contributed by atoms with Gasteiger partial charge in [-0.05, 0) is 30.2 Å². The van der Waals surface area contributed by atoms with Crippen LogP contribution in [-0.2, 0) is 11.3 Å². The van der Waals surface area contributed by atoms with Gasteiger partial charge in [0.1, 0.15) is 6.54 Å². The van der Waals surface area contributed by atoms with Crippen molar-refractivity contribution in [2.75, 3.05) is 18.8 Å². The second-order valence-corrected chi connectivity index (χ2v) is 8.46. The first-order valence-corrected chi connectivity index (χ1v) is 10.6. The summed E-state index contributed by atoms with van der Waals surface area (Å²) in [6.45, 7) is 1.33. The minimum Gasteiger partial charge on any atom is -0.340 e. The molecule has 2 aromatic carbocycles. The molecule has 0 aliphatic carbocycles. The van der Waals surface area contributed by atoms with Crippen molar-refractivity contribution in [3.8, 4) is 0 Å². The Balaban J connectivity index is 1.47. The van der Waals surface area contributed by atoms with E-state index < -0.39 is 0 Å². The molecule has 144 valence electrons. The number of halogens is 1. The number of hydrogen-bond acceptors (Lipinski definition) is 4. The first-order valence-electron chi connectivity index (χ1n) is 9.21. The molecule has 4 rings (SSSR count). The number of benzene rings is 2. The Labute approximate surface area is 172 Å². The molecule has 0 spiro atoms. The average molecular weight is 414 g/mol. The number of amides is 1. The van der Waals surface area contributed by atoms with Crippen molar-refractivity contribution in [1.29, 1.82) is 0 Å². The van der Waals surface area contributed by atoms with Crippen molar-refractivity contribution in [3.63, 3.8) is 0 Å². The van der Waals surface area contributed by atoms with E-state index in [0.29, 0.717) is 24.0 Å². The van der Waals surface area contributed by atoms with Gasteiger partial charge in [-0.3, -0.25) is 14.2 Å². The summed E-state index contributed by atoms with van der Waals surface area (Å²) in [5.74, 6) is 0.784. The lowest BCUT2D eigenvalue weighted by atomic mass is 10.1. The molecule has 0 unspecified atom stereocenters. The highest BCUT2D eigenvalue weighted by Crippen LogP contribution is 2.37. The Bertz CT molecular complexity index is 1070. The standard InChI is InChI=1S/C21H20ClN3O2S/c22-17-7-3-1-5-15(17)19-9-10-24(11-12-28-19)20(26)13-25-14-23-18-8-4-2-6-16(18)21(25)27/h1-8,14,19H,9-13H2/t19-/m1/s1. The maximum Gasteiger partial charge on any atom is 0.261 e. The summed E-state index contributed by atoms with van der Waals surface area (Å²) in [6.07, 6.45) is 2.30.